The average molecular weight is 446 g/mol. The van der Waals surface area contributed by atoms with Crippen LogP contribution < -0.4 is 10.5 Å². The van der Waals surface area contributed by atoms with Gasteiger partial charge in [0.2, 0.25) is 0 Å². The van der Waals surface area contributed by atoms with E-state index in [-0.39, 0.29) is 17.6 Å². The molecule has 4 aromatic rings. The number of nitrogens with two attached hydrogens (primary N) is 1. The Balaban J connectivity index is 1.70. The van der Waals surface area contributed by atoms with Gasteiger partial charge >= 0.3 is 0 Å². The number of nitrogens with zero attached hydrogens (tertiary/aromatic N) is 6. The van der Waals surface area contributed by atoms with Crippen LogP contribution in [0.3, 0.4) is 0 Å². The highest BCUT2D eigenvalue weighted by Gasteiger charge is 2.36. The zero-order chi connectivity index (χ0) is 22.9. The first kappa shape index (κ1) is 19.9. The fraction of sp³-hybridized carbons (Fsp3) is 0.333. The predicted molar refractivity (Wildman–Crippen MR) is 121 cm³/mol. The van der Waals surface area contributed by atoms with Crippen molar-refractivity contribution >= 4 is 5.82 Å². The largest absolute Gasteiger partial charge is 0.482 e. The van der Waals surface area contributed by atoms with Crippen LogP contribution in [0.1, 0.15) is 54.7 Å². The summed E-state index contributed by atoms with van der Waals surface area (Å²) in [6.45, 7) is 4.64. The van der Waals surface area contributed by atoms with Crippen molar-refractivity contribution in [3.63, 3.8) is 0 Å². The molecule has 0 amide bonds. The van der Waals surface area contributed by atoms with Gasteiger partial charge in [0.05, 0.1) is 17.1 Å². The van der Waals surface area contributed by atoms with Crippen LogP contribution in [-0.2, 0) is 20.0 Å². The average Bonchev–Trinajstić information content (AvgIpc) is 3.47. The first-order valence-corrected chi connectivity index (χ1v) is 11.2. The van der Waals surface area contributed by atoms with E-state index in [1.807, 2.05) is 29.4 Å². The molecule has 3 aromatic heterocycles. The van der Waals surface area contributed by atoms with Crippen LogP contribution in [0.5, 0.6) is 5.75 Å². The Morgan fingerprint density at radius 2 is 2.03 bits per heavy atom. The summed E-state index contributed by atoms with van der Waals surface area (Å²) >= 11 is 0. The molecule has 9 heteroatoms. The number of anilines is 1. The van der Waals surface area contributed by atoms with Gasteiger partial charge in [0.25, 0.3) is 0 Å². The SMILES string of the molecule is CCn1nc2c3c1-c1cc(c(N)nn1)O[C@H](C)c1cc(F)ccc1-c1nn(C)cc1[C@H]3CC2. The zero-order valence-corrected chi connectivity index (χ0v) is 18.7. The second-order valence-electron chi connectivity index (χ2n) is 8.69. The summed E-state index contributed by atoms with van der Waals surface area (Å²) in [5, 5.41) is 18.3. The molecular weight excluding hydrogens is 421 g/mol. The molecule has 8 nitrogen and oxygen atoms in total. The van der Waals surface area contributed by atoms with E-state index in [9.17, 15) is 4.39 Å². The lowest BCUT2D eigenvalue weighted by molar-refractivity contribution is 0.227. The standard InChI is InChI=1S/C24H24FN7O/c1-4-32-23-19-10-20(24(26)28-27-19)33-12(2)16-9-13(25)5-6-15(16)22-17(11-31(3)30-22)14-7-8-18(29-32)21(14)23/h5-6,9-12,14H,4,7-8H2,1-3H3,(H2,26,28)/t12-,14-/m1/s1. The van der Waals surface area contributed by atoms with Crippen molar-refractivity contribution in [1.82, 2.24) is 29.8 Å². The number of aromatic nitrogens is 6. The summed E-state index contributed by atoms with van der Waals surface area (Å²) in [6.07, 6.45) is 3.37. The third-order valence-corrected chi connectivity index (χ3v) is 6.65. The number of hydrogen-bond acceptors (Lipinski definition) is 6. The van der Waals surface area contributed by atoms with E-state index in [0.29, 0.717) is 23.6 Å². The minimum atomic E-state index is -0.487. The topological polar surface area (TPSA) is 96.7 Å². The van der Waals surface area contributed by atoms with Crippen molar-refractivity contribution in [1.29, 1.82) is 0 Å². The number of nitrogen functional groups attached to an aromatic ring is 1. The van der Waals surface area contributed by atoms with E-state index in [2.05, 4.69) is 23.3 Å². The van der Waals surface area contributed by atoms with Gasteiger partial charge in [-0.15, -0.1) is 10.2 Å². The summed E-state index contributed by atoms with van der Waals surface area (Å²) < 4.78 is 24.4. The number of rotatable bonds is 1. The van der Waals surface area contributed by atoms with Crippen molar-refractivity contribution in [3.8, 4) is 28.4 Å². The molecule has 2 atom stereocenters. The minimum Gasteiger partial charge on any atom is -0.482 e. The van der Waals surface area contributed by atoms with Crippen LogP contribution in [0.2, 0.25) is 0 Å². The maximum absolute atomic E-state index is 14.4. The number of aryl methyl sites for hydroxylation is 3. The van der Waals surface area contributed by atoms with Gasteiger partial charge in [-0.3, -0.25) is 9.36 Å². The van der Waals surface area contributed by atoms with Gasteiger partial charge < -0.3 is 10.5 Å². The Labute approximate surface area is 190 Å². The molecule has 2 N–H and O–H groups in total. The zero-order valence-electron chi connectivity index (χ0n) is 18.7. The molecule has 0 saturated heterocycles. The highest BCUT2D eigenvalue weighted by Crippen LogP contribution is 2.47. The lowest BCUT2D eigenvalue weighted by Gasteiger charge is -2.22. The molecule has 33 heavy (non-hydrogen) atoms. The Morgan fingerprint density at radius 1 is 1.18 bits per heavy atom. The Kier molecular flexibility index (Phi) is 4.30. The van der Waals surface area contributed by atoms with Crippen LogP contribution in [0.25, 0.3) is 22.6 Å². The van der Waals surface area contributed by atoms with Crippen molar-refractivity contribution in [3.05, 3.63) is 58.7 Å². The lowest BCUT2D eigenvalue weighted by atomic mass is 9.88. The van der Waals surface area contributed by atoms with Crippen LogP contribution in [0, 0.1) is 5.82 Å². The summed E-state index contributed by atoms with van der Waals surface area (Å²) in [5.74, 6) is 0.367. The molecule has 1 aliphatic carbocycles. The molecule has 6 rings (SSSR count). The van der Waals surface area contributed by atoms with E-state index in [1.165, 1.54) is 12.1 Å². The summed E-state index contributed by atoms with van der Waals surface area (Å²) in [6, 6.07) is 6.59. The van der Waals surface area contributed by atoms with Crippen LogP contribution in [-0.4, -0.2) is 29.8 Å². The maximum Gasteiger partial charge on any atom is 0.188 e. The molecule has 0 spiro atoms. The van der Waals surface area contributed by atoms with Crippen LogP contribution in [0.4, 0.5) is 10.2 Å². The van der Waals surface area contributed by atoms with Gasteiger partial charge in [-0.2, -0.15) is 10.2 Å². The second-order valence-corrected chi connectivity index (χ2v) is 8.69. The van der Waals surface area contributed by atoms with E-state index in [4.69, 9.17) is 20.7 Å². The second kappa shape index (κ2) is 7.13. The highest BCUT2D eigenvalue weighted by molar-refractivity contribution is 5.73. The van der Waals surface area contributed by atoms with E-state index in [0.717, 1.165) is 46.6 Å². The monoisotopic (exact) mass is 445 g/mol. The smallest absolute Gasteiger partial charge is 0.188 e. The molecule has 2 aliphatic rings. The van der Waals surface area contributed by atoms with Gasteiger partial charge in [-0.1, -0.05) is 0 Å². The predicted octanol–water partition coefficient (Wildman–Crippen LogP) is 4.01. The van der Waals surface area contributed by atoms with E-state index in [1.54, 1.807) is 6.07 Å². The van der Waals surface area contributed by atoms with Crippen molar-refractivity contribution in [2.24, 2.45) is 7.05 Å². The molecule has 1 aliphatic heterocycles. The van der Waals surface area contributed by atoms with Gasteiger partial charge in [0.15, 0.2) is 11.6 Å². The van der Waals surface area contributed by atoms with Crippen LogP contribution >= 0.6 is 0 Å². The van der Waals surface area contributed by atoms with Crippen molar-refractivity contribution < 1.29 is 9.13 Å². The third kappa shape index (κ3) is 2.95. The summed E-state index contributed by atoms with van der Waals surface area (Å²) in [5.41, 5.74) is 13.4. The molecular formula is C24H24FN7O. The van der Waals surface area contributed by atoms with E-state index < -0.39 is 6.10 Å². The minimum absolute atomic E-state index is 0.0929. The number of hydrogen-bond donors (Lipinski definition) is 1. The number of halogens is 1. The van der Waals surface area contributed by atoms with Crippen molar-refractivity contribution in [2.75, 3.05) is 5.73 Å². The number of benzene rings is 1. The first-order chi connectivity index (χ1) is 15.9. The van der Waals surface area contributed by atoms with Gasteiger partial charge in [0.1, 0.15) is 17.6 Å². The Hall–Kier alpha value is -3.75. The number of ether oxygens (including phenoxy) is 1. The van der Waals surface area contributed by atoms with Gasteiger partial charge in [-0.25, -0.2) is 4.39 Å². The summed E-state index contributed by atoms with van der Waals surface area (Å²) in [7, 11) is 1.91. The molecule has 0 radical (unpaired) electrons. The molecule has 0 saturated carbocycles. The molecule has 0 fully saturated rings. The fourth-order valence-electron chi connectivity index (χ4n) is 5.22. The fourth-order valence-corrected chi connectivity index (χ4v) is 5.22. The highest BCUT2D eigenvalue weighted by atomic mass is 19.1. The van der Waals surface area contributed by atoms with E-state index >= 15 is 0 Å². The van der Waals surface area contributed by atoms with Gasteiger partial charge in [0, 0.05) is 54.0 Å². The quantitative estimate of drug-likeness (QED) is 0.475. The first-order valence-electron chi connectivity index (χ1n) is 11.2. The molecule has 4 heterocycles. The number of fused-ring (bicyclic) bond motifs is 7. The lowest BCUT2D eigenvalue weighted by Crippen LogP contribution is -2.12. The Bertz CT molecular complexity index is 1410. The normalized spacial score (nSPS) is 18.5. The molecule has 2 bridgehead atoms. The molecule has 1 aromatic carbocycles. The van der Waals surface area contributed by atoms with Crippen LogP contribution in [0.15, 0.2) is 30.5 Å². The molecule has 0 unspecified atom stereocenters. The van der Waals surface area contributed by atoms with Crippen molar-refractivity contribution in [2.45, 2.75) is 45.3 Å². The molecule has 168 valence electrons. The summed E-state index contributed by atoms with van der Waals surface area (Å²) in [4.78, 5) is 0. The maximum atomic E-state index is 14.4. The van der Waals surface area contributed by atoms with Gasteiger partial charge in [-0.05, 0) is 44.9 Å². The third-order valence-electron chi connectivity index (χ3n) is 6.65. The Morgan fingerprint density at radius 3 is 2.85 bits per heavy atom.